The van der Waals surface area contributed by atoms with Crippen LogP contribution in [0.25, 0.3) is 0 Å². The second-order valence-electron chi connectivity index (χ2n) is 8.64. The molecule has 1 fully saturated rings. The second kappa shape index (κ2) is 9.58. The van der Waals surface area contributed by atoms with Crippen molar-refractivity contribution in [2.75, 3.05) is 34.3 Å². The lowest BCUT2D eigenvalue weighted by molar-refractivity contribution is -0.138. The number of nitrogens with one attached hydrogen (secondary N) is 2. The summed E-state index contributed by atoms with van der Waals surface area (Å²) < 4.78 is 11.5. The molecule has 166 valence electrons. The van der Waals surface area contributed by atoms with E-state index in [0.717, 1.165) is 55.7 Å². The molecule has 1 amide bonds. The van der Waals surface area contributed by atoms with E-state index in [2.05, 4.69) is 23.6 Å². The third kappa shape index (κ3) is 4.82. The average Bonchev–Trinajstić information content (AvgIpc) is 3.34. The molecule has 1 unspecified atom stereocenters. The molecule has 3 rings (SSSR count). The number of rotatable bonds is 7. The van der Waals surface area contributed by atoms with Crippen LogP contribution >= 0.6 is 0 Å². The van der Waals surface area contributed by atoms with Crippen molar-refractivity contribution in [3.8, 4) is 11.5 Å². The van der Waals surface area contributed by atoms with E-state index in [1.54, 1.807) is 12.0 Å². The van der Waals surface area contributed by atoms with Gasteiger partial charge in [0.2, 0.25) is 5.91 Å². The number of nitrogens with zero attached hydrogens (tertiary/aromatic N) is 2. The summed E-state index contributed by atoms with van der Waals surface area (Å²) in [6.07, 6.45) is 5.13. The van der Waals surface area contributed by atoms with Crippen LogP contribution in [0.4, 0.5) is 0 Å². The van der Waals surface area contributed by atoms with E-state index >= 15 is 0 Å². The highest BCUT2D eigenvalue weighted by molar-refractivity contribution is 5.85. The summed E-state index contributed by atoms with van der Waals surface area (Å²) in [6, 6.07) is 4.10. The molecule has 0 radical (unpaired) electrons. The van der Waals surface area contributed by atoms with Gasteiger partial charge in [-0.2, -0.15) is 0 Å². The van der Waals surface area contributed by atoms with E-state index in [9.17, 15) is 4.79 Å². The molecule has 0 spiro atoms. The molecular formula is C23H36N4O3. The number of amides is 1. The van der Waals surface area contributed by atoms with Gasteiger partial charge in [-0.1, -0.05) is 12.8 Å². The van der Waals surface area contributed by atoms with Crippen molar-refractivity contribution in [1.29, 1.82) is 0 Å². The van der Waals surface area contributed by atoms with Crippen LogP contribution in [0.3, 0.4) is 0 Å². The van der Waals surface area contributed by atoms with Crippen molar-refractivity contribution in [1.82, 2.24) is 15.5 Å². The molecule has 1 aliphatic carbocycles. The number of fused-ring (bicyclic) bond motifs is 1. The van der Waals surface area contributed by atoms with Gasteiger partial charge in [-0.05, 0) is 38.8 Å². The fourth-order valence-corrected chi connectivity index (χ4v) is 4.55. The molecule has 1 saturated carbocycles. The molecule has 2 N–H and O–H groups in total. The highest BCUT2D eigenvalue weighted by atomic mass is 16.5. The van der Waals surface area contributed by atoms with Crippen molar-refractivity contribution in [2.45, 2.75) is 58.6 Å². The van der Waals surface area contributed by atoms with Crippen LogP contribution < -0.4 is 20.1 Å². The van der Waals surface area contributed by atoms with Gasteiger partial charge >= 0.3 is 0 Å². The number of carbonyl (C=O) groups is 1. The number of aliphatic imine (C=N–C) groups is 1. The first kappa shape index (κ1) is 22.2. The van der Waals surface area contributed by atoms with Crippen LogP contribution in [0.5, 0.6) is 11.5 Å². The van der Waals surface area contributed by atoms with E-state index in [0.29, 0.717) is 19.0 Å². The first-order valence-corrected chi connectivity index (χ1v) is 11.0. The molecule has 0 aromatic heterocycles. The quantitative estimate of drug-likeness (QED) is 0.528. The van der Waals surface area contributed by atoms with Gasteiger partial charge in [0.25, 0.3) is 0 Å². The maximum Gasteiger partial charge on any atom is 0.230 e. The van der Waals surface area contributed by atoms with Crippen LogP contribution in [0.1, 0.15) is 50.7 Å². The molecule has 30 heavy (non-hydrogen) atoms. The molecule has 2 aliphatic rings. The Labute approximate surface area is 180 Å². The zero-order valence-corrected chi connectivity index (χ0v) is 19.0. The molecule has 0 saturated heterocycles. The zero-order chi connectivity index (χ0) is 21.7. The summed E-state index contributed by atoms with van der Waals surface area (Å²) in [4.78, 5) is 19.3. The Kier molecular flexibility index (Phi) is 7.10. The summed E-state index contributed by atoms with van der Waals surface area (Å²) in [5.74, 6) is 2.68. The van der Waals surface area contributed by atoms with E-state index in [1.807, 2.05) is 27.1 Å². The van der Waals surface area contributed by atoms with Crippen LogP contribution in [0.2, 0.25) is 0 Å². The standard InChI is InChI=1S/C23H36N4O3/c1-6-24-22(26-15-23(9-7-8-10-23)21(28)27(3)4)25-14-18-13-20-17(11-16(2)30-20)12-19(18)29-5/h12-13,16H,6-11,14-15H2,1-5H3,(H2,24,25,26). The van der Waals surface area contributed by atoms with Crippen molar-refractivity contribution >= 4 is 11.9 Å². The predicted molar refractivity (Wildman–Crippen MR) is 119 cm³/mol. The van der Waals surface area contributed by atoms with Crippen molar-refractivity contribution < 1.29 is 14.3 Å². The fourth-order valence-electron chi connectivity index (χ4n) is 4.55. The molecule has 1 aromatic rings. The lowest BCUT2D eigenvalue weighted by Gasteiger charge is -2.31. The Bertz CT molecular complexity index is 785. The minimum atomic E-state index is -0.338. The zero-order valence-electron chi connectivity index (χ0n) is 19.0. The van der Waals surface area contributed by atoms with E-state index in [-0.39, 0.29) is 17.4 Å². The molecule has 1 aliphatic heterocycles. The number of guanidine groups is 1. The summed E-state index contributed by atoms with van der Waals surface area (Å²) in [5, 5.41) is 6.73. The van der Waals surface area contributed by atoms with E-state index in [1.165, 1.54) is 5.56 Å². The van der Waals surface area contributed by atoms with Gasteiger partial charge in [0.05, 0.1) is 19.1 Å². The van der Waals surface area contributed by atoms with E-state index in [4.69, 9.17) is 14.5 Å². The highest BCUT2D eigenvalue weighted by Crippen LogP contribution is 2.39. The Morgan fingerprint density at radius 2 is 2.03 bits per heavy atom. The smallest absolute Gasteiger partial charge is 0.230 e. The first-order chi connectivity index (χ1) is 14.4. The molecule has 7 heteroatoms. The minimum Gasteiger partial charge on any atom is -0.496 e. The number of benzene rings is 1. The van der Waals surface area contributed by atoms with Gasteiger partial charge in [-0.25, -0.2) is 4.99 Å². The number of methoxy groups -OCH3 is 1. The summed E-state index contributed by atoms with van der Waals surface area (Å²) in [6.45, 7) is 5.93. The number of ether oxygens (including phenoxy) is 2. The first-order valence-electron chi connectivity index (χ1n) is 11.0. The van der Waals surface area contributed by atoms with Crippen LogP contribution in [-0.4, -0.2) is 57.2 Å². The minimum absolute atomic E-state index is 0.194. The second-order valence-corrected chi connectivity index (χ2v) is 8.64. The van der Waals surface area contributed by atoms with Gasteiger partial charge in [-0.3, -0.25) is 4.79 Å². The molecular weight excluding hydrogens is 380 g/mol. The average molecular weight is 417 g/mol. The highest BCUT2D eigenvalue weighted by Gasteiger charge is 2.42. The number of hydrogen-bond acceptors (Lipinski definition) is 4. The SMILES string of the molecule is CCNC(=NCc1cc2c(cc1OC)CC(C)O2)NCC1(C(=O)N(C)C)CCCC1. The number of hydrogen-bond donors (Lipinski definition) is 2. The predicted octanol–water partition coefficient (Wildman–Crippen LogP) is 2.72. The van der Waals surface area contributed by atoms with Gasteiger partial charge in [0.1, 0.15) is 17.6 Å². The lowest BCUT2D eigenvalue weighted by atomic mass is 9.84. The number of carbonyl (C=O) groups excluding carboxylic acids is 1. The Morgan fingerprint density at radius 3 is 2.67 bits per heavy atom. The van der Waals surface area contributed by atoms with Gasteiger partial charge in [0.15, 0.2) is 5.96 Å². The third-order valence-corrected chi connectivity index (χ3v) is 6.07. The maximum absolute atomic E-state index is 12.8. The summed E-state index contributed by atoms with van der Waals surface area (Å²) in [7, 11) is 5.36. The topological polar surface area (TPSA) is 75.2 Å². The Morgan fingerprint density at radius 1 is 1.30 bits per heavy atom. The Hall–Kier alpha value is -2.44. The van der Waals surface area contributed by atoms with Crippen LogP contribution in [0.15, 0.2) is 17.1 Å². The van der Waals surface area contributed by atoms with Gasteiger partial charge in [-0.15, -0.1) is 0 Å². The lowest BCUT2D eigenvalue weighted by Crippen LogP contribution is -2.49. The monoisotopic (exact) mass is 416 g/mol. The summed E-state index contributed by atoms with van der Waals surface area (Å²) in [5.41, 5.74) is 1.83. The van der Waals surface area contributed by atoms with Crippen molar-refractivity contribution in [3.05, 3.63) is 23.3 Å². The summed E-state index contributed by atoms with van der Waals surface area (Å²) >= 11 is 0. The molecule has 1 heterocycles. The third-order valence-electron chi connectivity index (χ3n) is 6.07. The van der Waals surface area contributed by atoms with Crippen molar-refractivity contribution in [2.24, 2.45) is 10.4 Å². The van der Waals surface area contributed by atoms with Gasteiger partial charge in [0, 0.05) is 44.7 Å². The molecule has 7 nitrogen and oxygen atoms in total. The van der Waals surface area contributed by atoms with E-state index < -0.39 is 0 Å². The Balaban J connectivity index is 1.74. The van der Waals surface area contributed by atoms with Gasteiger partial charge < -0.3 is 25.0 Å². The normalized spacial score (nSPS) is 19.8. The molecule has 0 bridgehead atoms. The largest absolute Gasteiger partial charge is 0.496 e. The molecule has 1 aromatic carbocycles. The van der Waals surface area contributed by atoms with Crippen molar-refractivity contribution in [3.63, 3.8) is 0 Å². The van der Waals surface area contributed by atoms with Crippen LogP contribution in [-0.2, 0) is 17.8 Å². The molecule has 1 atom stereocenters. The fraction of sp³-hybridized carbons (Fsp3) is 0.652. The van der Waals surface area contributed by atoms with Crippen LogP contribution in [0, 0.1) is 5.41 Å². The maximum atomic E-state index is 12.8.